The number of hydrogen-bond acceptors (Lipinski definition) is 0. The van der Waals surface area contributed by atoms with Crippen molar-refractivity contribution >= 4 is 64.6 Å². The van der Waals surface area contributed by atoms with Gasteiger partial charge in [-0.15, -0.1) is 0 Å². The Morgan fingerprint density at radius 3 is 1.37 bits per heavy atom. The minimum Gasteiger partial charge on any atom is -0.0619 e. The van der Waals surface area contributed by atoms with E-state index in [0.29, 0.717) is 0 Å². The minimum atomic E-state index is -0.499. The zero-order chi connectivity index (χ0) is 46.0. The highest BCUT2D eigenvalue weighted by Gasteiger charge is 2.53. The molecule has 0 saturated heterocycles. The summed E-state index contributed by atoms with van der Waals surface area (Å²) in [5.74, 6) is 0. The molecule has 0 amide bonds. The van der Waals surface area contributed by atoms with Crippen LogP contribution in [0, 0.1) is 0 Å². The van der Waals surface area contributed by atoms with Crippen LogP contribution in [0.25, 0.3) is 120 Å². The van der Waals surface area contributed by atoms with E-state index < -0.39 is 5.41 Å². The van der Waals surface area contributed by atoms with Gasteiger partial charge < -0.3 is 0 Å². The van der Waals surface area contributed by atoms with Crippen molar-refractivity contribution in [1.29, 1.82) is 0 Å². The van der Waals surface area contributed by atoms with Crippen LogP contribution in [0.4, 0.5) is 0 Å². The van der Waals surface area contributed by atoms with E-state index in [2.05, 4.69) is 244 Å². The lowest BCUT2D eigenvalue weighted by molar-refractivity contribution is 0.661. The summed E-state index contributed by atoms with van der Waals surface area (Å²) in [5, 5.41) is 15.4. The van der Waals surface area contributed by atoms with Crippen LogP contribution >= 0.6 is 0 Å². The molecule has 0 saturated carbocycles. The second-order valence-electron chi connectivity index (χ2n) is 20.5. The molecule has 0 atom stereocenters. The molecule has 3 aliphatic carbocycles. The van der Waals surface area contributed by atoms with Crippen LogP contribution in [-0.4, -0.2) is 0 Å². The summed E-state index contributed by atoms with van der Waals surface area (Å²) in [6.07, 6.45) is 0. The van der Waals surface area contributed by atoms with Gasteiger partial charge in [0.1, 0.15) is 0 Å². The van der Waals surface area contributed by atoms with E-state index in [9.17, 15) is 0 Å². The molecule has 0 unspecified atom stereocenters. The van der Waals surface area contributed by atoms with Crippen LogP contribution in [0.5, 0.6) is 0 Å². The summed E-state index contributed by atoms with van der Waals surface area (Å²) in [6.45, 7) is 4.81. The highest BCUT2D eigenvalue weighted by atomic mass is 14.5. The molecule has 3 aliphatic rings. The van der Waals surface area contributed by atoms with E-state index in [1.807, 2.05) is 0 Å². The maximum absolute atomic E-state index is 2.55. The van der Waals surface area contributed by atoms with Crippen molar-refractivity contribution in [3.63, 3.8) is 0 Å². The van der Waals surface area contributed by atoms with Gasteiger partial charge >= 0.3 is 0 Å². The predicted octanol–water partition coefficient (Wildman–Crippen LogP) is 18.6. The summed E-state index contributed by atoms with van der Waals surface area (Å²) in [4.78, 5) is 0. The highest BCUT2D eigenvalue weighted by molar-refractivity contribution is 6.27. The molecule has 0 heteroatoms. The number of fused-ring (bicyclic) bond motifs is 24. The van der Waals surface area contributed by atoms with Crippen molar-refractivity contribution in [3.05, 3.63) is 264 Å². The molecule has 70 heavy (non-hydrogen) atoms. The zero-order valence-corrected chi connectivity index (χ0v) is 38.9. The molecule has 13 aromatic carbocycles. The maximum Gasteiger partial charge on any atom is 0.0732 e. The fraction of sp³-hybridized carbons (Fsp3) is 0.0571. The van der Waals surface area contributed by atoms with Crippen molar-refractivity contribution in [2.75, 3.05) is 0 Å². The largest absolute Gasteiger partial charge is 0.0732 e. The van der Waals surface area contributed by atoms with Gasteiger partial charge in [-0.05, 0) is 166 Å². The molecular formula is C70H44. The van der Waals surface area contributed by atoms with Crippen LogP contribution in [-0.2, 0) is 10.8 Å². The molecule has 324 valence electrons. The van der Waals surface area contributed by atoms with Crippen LogP contribution in [0.2, 0.25) is 0 Å². The Balaban J connectivity index is 1.02. The monoisotopic (exact) mass is 884 g/mol. The zero-order valence-electron chi connectivity index (χ0n) is 38.9. The highest BCUT2D eigenvalue weighted by Crippen LogP contribution is 2.66. The van der Waals surface area contributed by atoms with Crippen LogP contribution in [0.3, 0.4) is 0 Å². The molecular weight excluding hydrogens is 841 g/mol. The van der Waals surface area contributed by atoms with Crippen LogP contribution in [0.15, 0.2) is 231 Å². The summed E-state index contributed by atoms with van der Waals surface area (Å²) < 4.78 is 0. The Morgan fingerprint density at radius 1 is 0.243 bits per heavy atom. The fourth-order valence-electron chi connectivity index (χ4n) is 14.3. The van der Waals surface area contributed by atoms with Crippen molar-refractivity contribution in [2.24, 2.45) is 0 Å². The van der Waals surface area contributed by atoms with Gasteiger partial charge in [0.15, 0.2) is 0 Å². The SMILES string of the molecule is CC1(C)c2ccccc2-c2c1cc(-c1c3ccccc3c(-c3ccc4c5c(c6ccccc6c4c3)-c3c(ccc4ccccc34)C53c4ccccc4-c4ccccc43)c3ccccc13)c1ccccc21. The molecule has 0 bridgehead atoms. The Hall–Kier alpha value is -8.58. The number of hydrogen-bond donors (Lipinski definition) is 0. The molecule has 13 aromatic rings. The summed E-state index contributed by atoms with van der Waals surface area (Å²) >= 11 is 0. The van der Waals surface area contributed by atoms with Crippen LogP contribution in [0.1, 0.15) is 47.2 Å². The second kappa shape index (κ2) is 13.6. The van der Waals surface area contributed by atoms with Gasteiger partial charge in [0.25, 0.3) is 0 Å². The van der Waals surface area contributed by atoms with Crippen molar-refractivity contribution < 1.29 is 0 Å². The van der Waals surface area contributed by atoms with E-state index in [0.717, 1.165) is 0 Å². The molecule has 0 aliphatic heterocycles. The van der Waals surface area contributed by atoms with Crippen molar-refractivity contribution in [2.45, 2.75) is 24.7 Å². The van der Waals surface area contributed by atoms with Gasteiger partial charge in [0, 0.05) is 5.41 Å². The second-order valence-corrected chi connectivity index (χ2v) is 20.5. The lowest BCUT2D eigenvalue weighted by atomic mass is 9.69. The third-order valence-corrected chi connectivity index (χ3v) is 17.0. The first kappa shape index (κ1) is 38.4. The normalized spacial score (nSPS) is 14.4. The first-order chi connectivity index (χ1) is 34.5. The molecule has 0 heterocycles. The minimum absolute atomic E-state index is 0.139. The van der Waals surface area contributed by atoms with Gasteiger partial charge in [-0.1, -0.05) is 232 Å². The first-order valence-electron chi connectivity index (χ1n) is 24.8. The average molecular weight is 885 g/mol. The smallest absolute Gasteiger partial charge is 0.0619 e. The molecule has 0 radical (unpaired) electrons. The van der Waals surface area contributed by atoms with Crippen LogP contribution < -0.4 is 0 Å². The first-order valence-corrected chi connectivity index (χ1v) is 24.8. The third kappa shape index (κ3) is 4.62. The quantitative estimate of drug-likeness (QED) is 0.120. The van der Waals surface area contributed by atoms with Crippen molar-refractivity contribution in [3.8, 4) is 55.6 Å². The molecule has 1 spiro atoms. The van der Waals surface area contributed by atoms with Gasteiger partial charge in [-0.3, -0.25) is 0 Å². The number of benzene rings is 13. The molecule has 0 aromatic heterocycles. The van der Waals surface area contributed by atoms with E-state index in [1.165, 1.54) is 154 Å². The van der Waals surface area contributed by atoms with Gasteiger partial charge in [-0.25, -0.2) is 0 Å². The Bertz CT molecular complexity index is 4400. The summed E-state index contributed by atoms with van der Waals surface area (Å²) in [7, 11) is 0. The summed E-state index contributed by atoms with van der Waals surface area (Å²) in [5.41, 5.74) is 20.9. The van der Waals surface area contributed by atoms with E-state index >= 15 is 0 Å². The lowest BCUT2D eigenvalue weighted by Crippen LogP contribution is -2.26. The molecule has 0 fully saturated rings. The standard InChI is InChI=1S/C70H44/c1-69(2)58-32-16-15-31-55(58)65-48-25-7-6-22-45(48)57(40-62(65)69)64-52-29-11-9-27-50(52)63(51-28-10-12-30-53(51)64)42-35-37-54-56(39-42)44-21-5-8-26-49(44)67-66-43-20-4-3-19-41(43)36-38-61(66)70(68(54)67)59-33-17-13-23-46(59)47-24-14-18-34-60(47)70/h3-40H,1-2H3. The van der Waals surface area contributed by atoms with Gasteiger partial charge in [0.2, 0.25) is 0 Å². The van der Waals surface area contributed by atoms with Gasteiger partial charge in [0.05, 0.1) is 5.41 Å². The van der Waals surface area contributed by atoms with E-state index in [1.54, 1.807) is 0 Å². The molecule has 0 N–H and O–H groups in total. The van der Waals surface area contributed by atoms with Crippen molar-refractivity contribution in [1.82, 2.24) is 0 Å². The molecule has 0 nitrogen and oxygen atoms in total. The number of rotatable bonds is 2. The predicted molar refractivity (Wildman–Crippen MR) is 296 cm³/mol. The lowest BCUT2D eigenvalue weighted by Gasteiger charge is -2.32. The summed E-state index contributed by atoms with van der Waals surface area (Å²) in [6, 6.07) is 88.0. The average Bonchev–Trinajstić information content (AvgIpc) is 3.99. The van der Waals surface area contributed by atoms with E-state index in [-0.39, 0.29) is 5.41 Å². The van der Waals surface area contributed by atoms with E-state index in [4.69, 9.17) is 0 Å². The Morgan fingerprint density at radius 2 is 0.729 bits per heavy atom. The topological polar surface area (TPSA) is 0 Å². The Labute approximate surface area is 406 Å². The third-order valence-electron chi connectivity index (χ3n) is 17.0. The molecule has 16 rings (SSSR count). The maximum atomic E-state index is 2.55. The Kier molecular flexibility index (Phi) is 7.44. The fourth-order valence-corrected chi connectivity index (χ4v) is 14.3. The van der Waals surface area contributed by atoms with Gasteiger partial charge in [-0.2, -0.15) is 0 Å².